The highest BCUT2D eigenvalue weighted by Gasteiger charge is 2.07. The Bertz CT molecular complexity index is 490. The molecule has 0 bridgehead atoms. The topological polar surface area (TPSA) is 29.0 Å². The fourth-order valence-corrected chi connectivity index (χ4v) is 2.11. The summed E-state index contributed by atoms with van der Waals surface area (Å²) < 4.78 is 0. The lowest BCUT2D eigenvalue weighted by Crippen LogP contribution is -2.23. The van der Waals surface area contributed by atoms with Crippen molar-refractivity contribution in [2.45, 2.75) is 33.9 Å². The molecule has 0 saturated carbocycles. The van der Waals surface area contributed by atoms with Crippen LogP contribution in [0, 0.1) is 13.8 Å². The van der Waals surface area contributed by atoms with E-state index in [2.05, 4.69) is 46.1 Å². The number of rotatable bonds is 5. The summed E-state index contributed by atoms with van der Waals surface area (Å²) in [6.45, 7) is 8.96. The van der Waals surface area contributed by atoms with Crippen molar-refractivity contribution < 1.29 is 0 Å². The van der Waals surface area contributed by atoms with Crippen molar-refractivity contribution in [3.05, 3.63) is 59.2 Å². The van der Waals surface area contributed by atoms with E-state index >= 15 is 0 Å². The molecule has 3 nitrogen and oxygen atoms in total. The van der Waals surface area contributed by atoms with Gasteiger partial charge in [0.2, 0.25) is 0 Å². The van der Waals surface area contributed by atoms with E-state index in [-0.39, 0.29) is 0 Å². The number of hydrogen-bond acceptors (Lipinski definition) is 3. The quantitative estimate of drug-likeness (QED) is 0.822. The van der Waals surface area contributed by atoms with Crippen LogP contribution >= 0.6 is 0 Å². The van der Waals surface area contributed by atoms with Gasteiger partial charge in [-0.15, -0.1) is 0 Å². The molecule has 0 unspecified atom stereocenters. The number of hydrogen-bond donors (Lipinski definition) is 0. The summed E-state index contributed by atoms with van der Waals surface area (Å²) in [7, 11) is 0. The second-order valence-electron chi connectivity index (χ2n) is 4.84. The Labute approximate surface area is 115 Å². The first kappa shape index (κ1) is 13.7. The van der Waals surface area contributed by atoms with Gasteiger partial charge < -0.3 is 0 Å². The van der Waals surface area contributed by atoms with Gasteiger partial charge in [-0.05, 0) is 44.7 Å². The molecule has 19 heavy (non-hydrogen) atoms. The Balaban J connectivity index is 2.04. The fourth-order valence-electron chi connectivity index (χ4n) is 2.11. The van der Waals surface area contributed by atoms with E-state index in [4.69, 9.17) is 0 Å². The second-order valence-corrected chi connectivity index (χ2v) is 4.84. The van der Waals surface area contributed by atoms with Gasteiger partial charge in [0, 0.05) is 24.5 Å². The Morgan fingerprint density at radius 3 is 1.68 bits per heavy atom. The zero-order valence-electron chi connectivity index (χ0n) is 11.9. The van der Waals surface area contributed by atoms with Crippen LogP contribution in [-0.4, -0.2) is 21.4 Å². The van der Waals surface area contributed by atoms with Gasteiger partial charge in [0.15, 0.2) is 0 Å². The maximum absolute atomic E-state index is 4.56. The van der Waals surface area contributed by atoms with Crippen molar-refractivity contribution >= 4 is 0 Å². The number of aryl methyl sites for hydroxylation is 2. The Morgan fingerprint density at radius 1 is 0.842 bits per heavy atom. The largest absolute Gasteiger partial charge is 0.292 e. The average molecular weight is 255 g/mol. The van der Waals surface area contributed by atoms with Crippen LogP contribution in [0.25, 0.3) is 0 Å². The smallest absolute Gasteiger partial charge is 0.0547 e. The lowest BCUT2D eigenvalue weighted by Gasteiger charge is -2.19. The predicted octanol–water partition coefficient (Wildman–Crippen LogP) is 3.12. The molecule has 0 N–H and O–H groups in total. The molecular formula is C16H21N3. The van der Waals surface area contributed by atoms with Crippen molar-refractivity contribution in [1.82, 2.24) is 14.9 Å². The molecule has 0 aromatic carbocycles. The van der Waals surface area contributed by atoms with E-state index in [1.165, 1.54) is 0 Å². The maximum atomic E-state index is 4.56. The lowest BCUT2D eigenvalue weighted by atomic mass is 10.2. The van der Waals surface area contributed by atoms with Crippen molar-refractivity contribution in [3.8, 4) is 0 Å². The SMILES string of the molecule is CCN(Cc1cccc(C)n1)Cc1cccc(C)n1. The Kier molecular flexibility index (Phi) is 4.63. The molecular weight excluding hydrogens is 234 g/mol. The molecule has 0 amide bonds. The first-order chi connectivity index (χ1) is 9.17. The molecule has 0 radical (unpaired) electrons. The van der Waals surface area contributed by atoms with Crippen LogP contribution in [0.3, 0.4) is 0 Å². The zero-order chi connectivity index (χ0) is 13.7. The monoisotopic (exact) mass is 255 g/mol. The molecule has 3 heteroatoms. The summed E-state index contributed by atoms with van der Waals surface area (Å²) >= 11 is 0. The van der Waals surface area contributed by atoms with Gasteiger partial charge in [-0.25, -0.2) is 0 Å². The van der Waals surface area contributed by atoms with E-state index < -0.39 is 0 Å². The second kappa shape index (κ2) is 6.43. The van der Waals surface area contributed by atoms with E-state index in [0.29, 0.717) is 0 Å². The van der Waals surface area contributed by atoms with Crippen molar-refractivity contribution in [2.24, 2.45) is 0 Å². The van der Waals surface area contributed by atoms with E-state index in [9.17, 15) is 0 Å². The molecule has 0 atom stereocenters. The van der Waals surface area contributed by atoms with Gasteiger partial charge in [-0.2, -0.15) is 0 Å². The fraction of sp³-hybridized carbons (Fsp3) is 0.375. The summed E-state index contributed by atoms with van der Waals surface area (Å²) in [4.78, 5) is 11.5. The van der Waals surface area contributed by atoms with Crippen LogP contribution in [0.15, 0.2) is 36.4 Å². The summed E-state index contributed by atoms with van der Waals surface area (Å²) in [5, 5.41) is 0. The van der Waals surface area contributed by atoms with Gasteiger partial charge in [-0.1, -0.05) is 19.1 Å². The molecule has 2 heterocycles. The minimum absolute atomic E-state index is 0.869. The Hall–Kier alpha value is -1.74. The number of nitrogens with zero attached hydrogens (tertiary/aromatic N) is 3. The van der Waals surface area contributed by atoms with Gasteiger partial charge in [0.1, 0.15) is 0 Å². The molecule has 0 fully saturated rings. The predicted molar refractivity (Wildman–Crippen MR) is 77.7 cm³/mol. The third kappa shape index (κ3) is 4.14. The summed E-state index contributed by atoms with van der Waals surface area (Å²) in [5.74, 6) is 0. The normalized spacial score (nSPS) is 10.9. The van der Waals surface area contributed by atoms with Crippen molar-refractivity contribution in [2.75, 3.05) is 6.54 Å². The van der Waals surface area contributed by atoms with Crippen LogP contribution in [0.1, 0.15) is 29.7 Å². The minimum Gasteiger partial charge on any atom is -0.292 e. The third-order valence-electron chi connectivity index (χ3n) is 3.11. The highest BCUT2D eigenvalue weighted by molar-refractivity contribution is 5.12. The van der Waals surface area contributed by atoms with Crippen LogP contribution in [-0.2, 0) is 13.1 Å². The van der Waals surface area contributed by atoms with Crippen LogP contribution in [0.2, 0.25) is 0 Å². The molecule has 100 valence electrons. The first-order valence-corrected chi connectivity index (χ1v) is 6.75. The first-order valence-electron chi connectivity index (χ1n) is 6.75. The van der Waals surface area contributed by atoms with E-state index in [0.717, 1.165) is 42.4 Å². The summed E-state index contributed by atoms with van der Waals surface area (Å²) in [6, 6.07) is 12.4. The molecule has 0 aliphatic rings. The van der Waals surface area contributed by atoms with Gasteiger partial charge >= 0.3 is 0 Å². The van der Waals surface area contributed by atoms with Gasteiger partial charge in [0.05, 0.1) is 11.4 Å². The standard InChI is InChI=1S/C16H21N3/c1-4-19(11-15-9-5-7-13(2)17-15)12-16-10-6-8-14(3)18-16/h5-10H,4,11-12H2,1-3H3. The molecule has 0 saturated heterocycles. The highest BCUT2D eigenvalue weighted by Crippen LogP contribution is 2.08. The lowest BCUT2D eigenvalue weighted by molar-refractivity contribution is 0.264. The molecule has 2 aromatic rings. The molecule has 2 rings (SSSR count). The maximum Gasteiger partial charge on any atom is 0.0547 e. The summed E-state index contributed by atoms with van der Waals surface area (Å²) in [5.41, 5.74) is 4.38. The van der Waals surface area contributed by atoms with Crippen molar-refractivity contribution in [3.63, 3.8) is 0 Å². The number of pyridine rings is 2. The molecule has 2 aromatic heterocycles. The molecule has 0 aliphatic carbocycles. The van der Waals surface area contributed by atoms with Crippen LogP contribution < -0.4 is 0 Å². The summed E-state index contributed by atoms with van der Waals surface area (Å²) in [6.07, 6.45) is 0. The van der Waals surface area contributed by atoms with E-state index in [1.807, 2.05) is 26.0 Å². The molecule has 0 spiro atoms. The Morgan fingerprint density at radius 2 is 1.32 bits per heavy atom. The number of aromatic nitrogens is 2. The average Bonchev–Trinajstić information content (AvgIpc) is 2.38. The third-order valence-corrected chi connectivity index (χ3v) is 3.11. The zero-order valence-corrected chi connectivity index (χ0v) is 11.9. The minimum atomic E-state index is 0.869. The van der Waals surface area contributed by atoms with Gasteiger partial charge in [0.25, 0.3) is 0 Å². The molecule has 0 aliphatic heterocycles. The highest BCUT2D eigenvalue weighted by atomic mass is 15.1. The van der Waals surface area contributed by atoms with Crippen molar-refractivity contribution in [1.29, 1.82) is 0 Å². The van der Waals surface area contributed by atoms with Gasteiger partial charge in [-0.3, -0.25) is 14.9 Å². The van der Waals surface area contributed by atoms with Crippen LogP contribution in [0.4, 0.5) is 0 Å². The van der Waals surface area contributed by atoms with Crippen LogP contribution in [0.5, 0.6) is 0 Å². The van der Waals surface area contributed by atoms with E-state index in [1.54, 1.807) is 0 Å².